The van der Waals surface area contributed by atoms with E-state index in [-0.39, 0.29) is 64.6 Å². The fourth-order valence-corrected chi connectivity index (χ4v) is 1.36. The van der Waals surface area contributed by atoms with Crippen molar-refractivity contribution in [3.8, 4) is 5.75 Å². The molecule has 0 bridgehead atoms. The van der Waals surface area contributed by atoms with E-state index in [1.54, 1.807) is 0 Å². The van der Waals surface area contributed by atoms with Gasteiger partial charge in [-0.1, -0.05) is 19.9 Å². The third-order valence-electron chi connectivity index (χ3n) is 2.27. The van der Waals surface area contributed by atoms with Gasteiger partial charge in [-0.3, -0.25) is 0 Å². The average molecular weight is 318 g/mol. The molecule has 0 amide bonds. The van der Waals surface area contributed by atoms with E-state index < -0.39 is 24.0 Å². The first-order valence-corrected chi connectivity index (χ1v) is 6.00. The van der Waals surface area contributed by atoms with Gasteiger partial charge in [0.2, 0.25) is 0 Å². The molecular weight excluding hydrogens is 302 g/mol. The molecule has 20 heavy (non-hydrogen) atoms. The monoisotopic (exact) mass is 318 g/mol. The van der Waals surface area contributed by atoms with Gasteiger partial charge in [0.25, 0.3) is 0 Å². The molecule has 0 aliphatic carbocycles. The summed E-state index contributed by atoms with van der Waals surface area (Å²) in [7, 11) is 0. The first-order valence-electron chi connectivity index (χ1n) is 6.00. The summed E-state index contributed by atoms with van der Waals surface area (Å²) in [6.07, 6.45) is 0. The SMILES string of the molecule is CC(C)COCCOc1cc([B-](F)(F)F)ccc1F.[K+]. The van der Waals surface area contributed by atoms with Gasteiger partial charge < -0.3 is 22.4 Å². The Morgan fingerprint density at radius 2 is 1.80 bits per heavy atom. The summed E-state index contributed by atoms with van der Waals surface area (Å²) in [6.45, 7) is -0.473. The van der Waals surface area contributed by atoms with Crippen molar-refractivity contribution < 1.29 is 78.2 Å². The standard InChI is InChI=1S/C12H16BF4O2.K/c1-9(2)8-18-5-6-19-12-7-10(13(15,16)17)3-4-11(12)14;/h3-4,7,9H,5-6,8H2,1-2H3;/q-1;+1. The second-order valence-corrected chi connectivity index (χ2v) is 4.58. The third-order valence-corrected chi connectivity index (χ3v) is 2.27. The number of hydrogen-bond acceptors (Lipinski definition) is 2. The van der Waals surface area contributed by atoms with Crippen LogP contribution in [0.4, 0.5) is 17.3 Å². The largest absolute Gasteiger partial charge is 1.00 e. The molecule has 0 aliphatic heterocycles. The van der Waals surface area contributed by atoms with Crippen LogP contribution in [-0.4, -0.2) is 26.8 Å². The second-order valence-electron chi connectivity index (χ2n) is 4.58. The molecule has 1 rings (SSSR count). The summed E-state index contributed by atoms with van der Waals surface area (Å²) < 4.78 is 60.9. The van der Waals surface area contributed by atoms with Gasteiger partial charge >= 0.3 is 58.4 Å². The van der Waals surface area contributed by atoms with Crippen LogP contribution in [0.3, 0.4) is 0 Å². The van der Waals surface area contributed by atoms with Crippen LogP contribution in [0.15, 0.2) is 18.2 Å². The number of halogens is 4. The fraction of sp³-hybridized carbons (Fsp3) is 0.500. The smallest absolute Gasteiger partial charge is 0.488 e. The molecular formula is C12H16BF4KO2. The molecule has 0 aromatic heterocycles. The van der Waals surface area contributed by atoms with Crippen molar-refractivity contribution in [2.75, 3.05) is 19.8 Å². The molecule has 0 atom stereocenters. The van der Waals surface area contributed by atoms with Crippen LogP contribution >= 0.6 is 0 Å². The van der Waals surface area contributed by atoms with Crippen LogP contribution < -0.4 is 61.6 Å². The Morgan fingerprint density at radius 3 is 2.35 bits per heavy atom. The number of ether oxygens (including phenoxy) is 2. The van der Waals surface area contributed by atoms with E-state index >= 15 is 0 Å². The molecule has 0 spiro atoms. The van der Waals surface area contributed by atoms with Crippen LogP contribution in [0.1, 0.15) is 13.8 Å². The van der Waals surface area contributed by atoms with Crippen LogP contribution in [0.25, 0.3) is 0 Å². The minimum atomic E-state index is -5.15. The molecule has 0 unspecified atom stereocenters. The maximum absolute atomic E-state index is 13.3. The van der Waals surface area contributed by atoms with Gasteiger partial charge in [-0.25, -0.2) is 4.39 Å². The van der Waals surface area contributed by atoms with E-state index in [2.05, 4.69) is 0 Å². The fourth-order valence-electron chi connectivity index (χ4n) is 1.36. The minimum absolute atomic E-state index is 0. The Labute approximate surface area is 158 Å². The molecule has 8 heteroatoms. The Bertz CT molecular complexity index is 413. The quantitative estimate of drug-likeness (QED) is 0.398. The molecule has 0 saturated carbocycles. The van der Waals surface area contributed by atoms with Crippen molar-refractivity contribution in [1.82, 2.24) is 0 Å². The summed E-state index contributed by atoms with van der Waals surface area (Å²) in [5, 5.41) is 0. The van der Waals surface area contributed by atoms with E-state index in [4.69, 9.17) is 9.47 Å². The van der Waals surface area contributed by atoms with E-state index in [1.807, 2.05) is 13.8 Å². The van der Waals surface area contributed by atoms with Gasteiger partial charge in [0.15, 0.2) is 11.6 Å². The zero-order valence-electron chi connectivity index (χ0n) is 11.8. The molecule has 1 aromatic carbocycles. The zero-order valence-corrected chi connectivity index (χ0v) is 15.0. The van der Waals surface area contributed by atoms with E-state index in [0.29, 0.717) is 24.7 Å². The normalized spacial score (nSPS) is 11.3. The average Bonchev–Trinajstić information content (AvgIpc) is 2.29. The Balaban J connectivity index is 0.00000361. The van der Waals surface area contributed by atoms with Crippen molar-refractivity contribution >= 4 is 12.4 Å². The molecule has 108 valence electrons. The summed E-state index contributed by atoms with van der Waals surface area (Å²) in [6, 6.07) is 2.14. The number of benzene rings is 1. The summed E-state index contributed by atoms with van der Waals surface area (Å²) in [4.78, 5) is 0. The van der Waals surface area contributed by atoms with Crippen molar-refractivity contribution in [1.29, 1.82) is 0 Å². The maximum atomic E-state index is 13.3. The number of rotatable bonds is 7. The Hall–Kier alpha value is 0.401. The van der Waals surface area contributed by atoms with Gasteiger partial charge in [-0.05, 0) is 18.1 Å². The molecule has 0 N–H and O–H groups in total. The van der Waals surface area contributed by atoms with Gasteiger partial charge in [-0.2, -0.15) is 0 Å². The predicted octanol–water partition coefficient (Wildman–Crippen LogP) is -0.0645. The maximum Gasteiger partial charge on any atom is 1.00 e. The topological polar surface area (TPSA) is 18.5 Å². The Kier molecular flexibility index (Phi) is 9.61. The molecule has 0 aliphatic rings. The number of hydrogen-bond donors (Lipinski definition) is 0. The third kappa shape index (κ3) is 7.42. The van der Waals surface area contributed by atoms with Crippen molar-refractivity contribution in [2.45, 2.75) is 13.8 Å². The van der Waals surface area contributed by atoms with Crippen LogP contribution in [-0.2, 0) is 4.74 Å². The van der Waals surface area contributed by atoms with Crippen LogP contribution in [0, 0.1) is 11.7 Å². The van der Waals surface area contributed by atoms with Crippen LogP contribution in [0.2, 0.25) is 0 Å². The van der Waals surface area contributed by atoms with Crippen LogP contribution in [0.5, 0.6) is 5.75 Å². The second kappa shape index (κ2) is 9.42. The molecule has 0 saturated heterocycles. The van der Waals surface area contributed by atoms with Gasteiger partial charge in [0.05, 0.1) is 6.61 Å². The predicted molar refractivity (Wildman–Crippen MR) is 66.3 cm³/mol. The van der Waals surface area contributed by atoms with Crippen molar-refractivity contribution in [3.05, 3.63) is 24.0 Å². The molecule has 0 fully saturated rings. The first kappa shape index (κ1) is 20.4. The first-order chi connectivity index (χ1) is 8.80. The van der Waals surface area contributed by atoms with Gasteiger partial charge in [0.1, 0.15) is 6.61 Å². The summed E-state index contributed by atoms with van der Waals surface area (Å²) >= 11 is 0. The summed E-state index contributed by atoms with van der Waals surface area (Å²) in [5.74, 6) is -0.856. The van der Waals surface area contributed by atoms with Gasteiger partial charge in [0, 0.05) is 6.61 Å². The molecule has 2 nitrogen and oxygen atoms in total. The summed E-state index contributed by atoms with van der Waals surface area (Å²) in [5.41, 5.74) is -0.875. The van der Waals surface area contributed by atoms with E-state index in [9.17, 15) is 17.3 Å². The van der Waals surface area contributed by atoms with Gasteiger partial charge in [-0.15, -0.1) is 5.46 Å². The van der Waals surface area contributed by atoms with E-state index in [1.165, 1.54) is 0 Å². The molecule has 0 heterocycles. The van der Waals surface area contributed by atoms with E-state index in [0.717, 1.165) is 6.07 Å². The van der Waals surface area contributed by atoms with Crippen molar-refractivity contribution in [3.63, 3.8) is 0 Å². The minimum Gasteiger partial charge on any atom is -0.488 e. The Morgan fingerprint density at radius 1 is 1.15 bits per heavy atom. The van der Waals surface area contributed by atoms with Crippen molar-refractivity contribution in [2.24, 2.45) is 5.92 Å². The molecule has 0 radical (unpaired) electrons. The molecule has 1 aromatic rings. The zero-order chi connectivity index (χ0) is 14.5.